The Balaban J connectivity index is 0.967. The Morgan fingerprint density at radius 2 is 1.02 bits per heavy atom. The lowest BCUT2D eigenvalue weighted by molar-refractivity contribution is -0.121. The lowest BCUT2D eigenvalue weighted by Crippen LogP contribution is -2.37. The molecule has 0 bridgehead atoms. The van der Waals surface area contributed by atoms with Crippen molar-refractivity contribution in [2.75, 3.05) is 9.80 Å². The predicted molar refractivity (Wildman–Crippen MR) is 201 cm³/mol. The number of anilines is 2. The van der Waals surface area contributed by atoms with E-state index < -0.39 is 0 Å². The van der Waals surface area contributed by atoms with Gasteiger partial charge in [-0.2, -0.15) is 0 Å². The molecule has 8 nitrogen and oxygen atoms in total. The molecule has 0 unspecified atom stereocenters. The molecule has 0 spiro atoms. The molecule has 0 N–H and O–H groups in total. The number of carbonyl (C=O) groups is 4. The molecular formula is C44H42N2O6. The lowest BCUT2D eigenvalue weighted by Gasteiger charge is -2.44. The highest BCUT2D eigenvalue weighted by Crippen LogP contribution is 2.49. The van der Waals surface area contributed by atoms with E-state index in [1.165, 1.54) is 35.4 Å². The monoisotopic (exact) mass is 694 g/mol. The van der Waals surface area contributed by atoms with Crippen molar-refractivity contribution in [3.8, 4) is 23.0 Å². The van der Waals surface area contributed by atoms with Gasteiger partial charge >= 0.3 is 0 Å². The summed E-state index contributed by atoms with van der Waals surface area (Å²) in [5.74, 6) is 1.97. The second kappa shape index (κ2) is 13.4. The van der Waals surface area contributed by atoms with Gasteiger partial charge in [-0.05, 0) is 139 Å². The predicted octanol–water partition coefficient (Wildman–Crippen LogP) is 9.17. The summed E-state index contributed by atoms with van der Waals surface area (Å²) >= 11 is 0. The van der Waals surface area contributed by atoms with Crippen LogP contribution in [0.1, 0.15) is 68.7 Å². The van der Waals surface area contributed by atoms with Crippen LogP contribution in [0.2, 0.25) is 0 Å². The van der Waals surface area contributed by atoms with Crippen LogP contribution in [-0.4, -0.2) is 23.6 Å². The molecule has 0 saturated heterocycles. The van der Waals surface area contributed by atoms with Gasteiger partial charge in [0, 0.05) is 24.3 Å². The van der Waals surface area contributed by atoms with Crippen LogP contribution in [0.5, 0.6) is 23.0 Å². The Morgan fingerprint density at radius 3 is 1.44 bits per heavy atom. The Kier molecular flexibility index (Phi) is 8.95. The van der Waals surface area contributed by atoms with E-state index in [1.807, 2.05) is 12.1 Å². The highest BCUT2D eigenvalue weighted by atomic mass is 16.5. The molecule has 4 aromatic carbocycles. The number of ether oxygens (including phenoxy) is 2. The van der Waals surface area contributed by atoms with Gasteiger partial charge in [0.1, 0.15) is 23.0 Å². The second-order valence-corrected chi connectivity index (χ2v) is 14.9. The van der Waals surface area contributed by atoms with Crippen LogP contribution >= 0.6 is 0 Å². The number of hydrogen-bond donors (Lipinski definition) is 0. The highest BCUT2D eigenvalue weighted by Gasteiger charge is 2.40. The molecule has 8 heteroatoms. The Labute approximate surface area is 304 Å². The summed E-state index contributed by atoms with van der Waals surface area (Å²) in [7, 11) is 0. The molecule has 0 radical (unpaired) electrons. The first-order chi connectivity index (χ1) is 24.8. The van der Waals surface area contributed by atoms with Crippen LogP contribution < -0.4 is 19.3 Å². The van der Waals surface area contributed by atoms with Crippen molar-refractivity contribution >= 4 is 35.0 Å². The van der Waals surface area contributed by atoms with Gasteiger partial charge in [-0.1, -0.05) is 45.0 Å². The molecule has 264 valence electrons. The first-order valence-corrected chi connectivity index (χ1v) is 17.7. The zero-order valence-corrected chi connectivity index (χ0v) is 30.1. The third-order valence-electron chi connectivity index (χ3n) is 11.2. The number of imide groups is 2. The van der Waals surface area contributed by atoms with E-state index in [2.05, 4.69) is 58.9 Å². The molecule has 0 aromatic heterocycles. The maximum absolute atomic E-state index is 12.0. The van der Waals surface area contributed by atoms with Gasteiger partial charge in [-0.25, -0.2) is 9.80 Å². The van der Waals surface area contributed by atoms with Crippen LogP contribution in [0.3, 0.4) is 0 Å². The molecule has 52 heavy (non-hydrogen) atoms. The van der Waals surface area contributed by atoms with Gasteiger partial charge in [0.2, 0.25) is 0 Å². The number of aryl methyl sites for hydroxylation is 2. The largest absolute Gasteiger partial charge is 0.457 e. The molecule has 1 saturated carbocycles. The summed E-state index contributed by atoms with van der Waals surface area (Å²) in [6, 6.07) is 26.9. The topological polar surface area (TPSA) is 93.2 Å². The van der Waals surface area contributed by atoms with Gasteiger partial charge in [-0.15, -0.1) is 0 Å². The minimum atomic E-state index is -0.344. The molecule has 0 atom stereocenters. The van der Waals surface area contributed by atoms with Crippen molar-refractivity contribution in [1.82, 2.24) is 0 Å². The van der Waals surface area contributed by atoms with Crippen molar-refractivity contribution in [3.05, 3.63) is 131 Å². The van der Waals surface area contributed by atoms with Gasteiger partial charge in [0.25, 0.3) is 23.6 Å². The maximum atomic E-state index is 12.0. The van der Waals surface area contributed by atoms with E-state index in [1.54, 1.807) is 48.5 Å². The van der Waals surface area contributed by atoms with Gasteiger partial charge < -0.3 is 9.47 Å². The molecule has 4 aromatic rings. The first-order valence-electron chi connectivity index (χ1n) is 17.7. The molecule has 1 fully saturated rings. The summed E-state index contributed by atoms with van der Waals surface area (Å²) in [4.78, 5) is 50.4. The molecule has 2 heterocycles. The van der Waals surface area contributed by atoms with Crippen molar-refractivity contribution in [3.63, 3.8) is 0 Å². The number of hydrogen-bond acceptors (Lipinski definition) is 6. The van der Waals surface area contributed by atoms with Crippen LogP contribution in [-0.2, 0) is 30.0 Å². The zero-order valence-electron chi connectivity index (χ0n) is 30.1. The molecule has 4 amide bonds. The van der Waals surface area contributed by atoms with E-state index in [0.29, 0.717) is 28.8 Å². The number of carbonyl (C=O) groups excluding carboxylic acids is 4. The zero-order chi connectivity index (χ0) is 36.8. The quantitative estimate of drug-likeness (QED) is 0.162. The fourth-order valence-electron chi connectivity index (χ4n) is 7.69. The summed E-state index contributed by atoms with van der Waals surface area (Å²) < 4.78 is 12.4. The van der Waals surface area contributed by atoms with E-state index in [9.17, 15) is 19.2 Å². The average molecular weight is 695 g/mol. The number of benzene rings is 4. The third kappa shape index (κ3) is 6.57. The first kappa shape index (κ1) is 34.7. The molecule has 3 aliphatic rings. The number of nitrogens with zero attached hydrogens (tertiary/aromatic N) is 2. The van der Waals surface area contributed by atoms with Crippen molar-refractivity contribution in [2.24, 2.45) is 5.92 Å². The number of rotatable bonds is 9. The van der Waals surface area contributed by atoms with Gasteiger partial charge in [0.05, 0.1) is 11.4 Å². The van der Waals surface area contributed by atoms with Crippen molar-refractivity contribution in [2.45, 2.75) is 71.1 Å². The summed E-state index contributed by atoms with van der Waals surface area (Å²) in [6.07, 6.45) is 9.51. The molecular weight excluding hydrogens is 652 g/mol. The maximum Gasteiger partial charge on any atom is 0.258 e. The molecule has 7 rings (SSSR count). The third-order valence-corrected chi connectivity index (χ3v) is 11.2. The minimum absolute atomic E-state index is 0.0237. The highest BCUT2D eigenvalue weighted by molar-refractivity contribution is 6.28. The van der Waals surface area contributed by atoms with Crippen molar-refractivity contribution < 1.29 is 28.7 Å². The van der Waals surface area contributed by atoms with Crippen molar-refractivity contribution in [1.29, 1.82) is 0 Å². The standard InChI is InChI=1S/C44H42N2O6/c1-28-26-31(6-16-37(28)51-35-12-8-33(9-13-35)45-39(47)18-19-40(45)48)43(3,4)30-22-24-44(5,25-23-30)32-7-17-38(29(2)27-32)52-36-14-10-34(11-15-36)46-41(49)20-21-42(46)50/h6-21,26-27,30H,22-25H2,1-5H3. The van der Waals surface area contributed by atoms with Gasteiger partial charge in [0.15, 0.2) is 0 Å². The smallest absolute Gasteiger partial charge is 0.258 e. The summed E-state index contributed by atoms with van der Waals surface area (Å²) in [5.41, 5.74) is 5.79. The SMILES string of the molecule is Cc1cc(C2(C)CCC(C(C)(C)c3ccc(Oc4ccc(N5C(=O)C=CC5=O)cc4)c(C)c3)CC2)ccc1Oc1ccc(N2C(=O)C=CC2=O)cc1. The van der Waals surface area contributed by atoms with Crippen LogP contribution in [0.15, 0.2) is 109 Å². The van der Waals surface area contributed by atoms with Crippen LogP contribution in [0.4, 0.5) is 11.4 Å². The fourth-order valence-corrected chi connectivity index (χ4v) is 7.69. The van der Waals surface area contributed by atoms with Gasteiger partial charge in [-0.3, -0.25) is 19.2 Å². The van der Waals surface area contributed by atoms with E-state index in [4.69, 9.17) is 9.47 Å². The Bertz CT molecular complexity index is 2100. The Hall–Kier alpha value is -5.76. The normalized spacial score (nSPS) is 20.3. The minimum Gasteiger partial charge on any atom is -0.457 e. The van der Waals surface area contributed by atoms with E-state index >= 15 is 0 Å². The van der Waals surface area contributed by atoms with E-state index in [0.717, 1.165) is 58.1 Å². The Morgan fingerprint density at radius 1 is 0.596 bits per heavy atom. The van der Waals surface area contributed by atoms with Crippen LogP contribution in [0, 0.1) is 19.8 Å². The molecule has 1 aliphatic carbocycles. The number of amides is 4. The van der Waals surface area contributed by atoms with E-state index in [-0.39, 0.29) is 34.5 Å². The van der Waals surface area contributed by atoms with Crippen LogP contribution in [0.25, 0.3) is 0 Å². The average Bonchev–Trinajstić information content (AvgIpc) is 3.65. The molecule has 2 aliphatic heterocycles. The fraction of sp³-hybridized carbons (Fsp3) is 0.273. The summed E-state index contributed by atoms with van der Waals surface area (Å²) in [6.45, 7) is 11.2. The lowest BCUT2D eigenvalue weighted by atomic mass is 9.60. The second-order valence-electron chi connectivity index (χ2n) is 14.9. The summed E-state index contributed by atoms with van der Waals surface area (Å²) in [5, 5.41) is 0.